The summed E-state index contributed by atoms with van der Waals surface area (Å²) >= 11 is 0. The summed E-state index contributed by atoms with van der Waals surface area (Å²) in [6.07, 6.45) is -8.95. The first-order valence-corrected chi connectivity index (χ1v) is 5.69. The number of ether oxygens (including phenoxy) is 1. The Balaban J connectivity index is 3.13. The third-order valence-electron chi connectivity index (χ3n) is 2.42. The molecule has 112 valence electrons. The Morgan fingerprint density at radius 3 is 2.37 bits per heavy atom. The van der Waals surface area contributed by atoms with Gasteiger partial charge in [-0.15, -0.1) is 0 Å². The molecule has 7 heteroatoms. The molecule has 1 saturated heterocycles. The van der Waals surface area contributed by atoms with E-state index in [-0.39, 0.29) is 4.90 Å². The van der Waals surface area contributed by atoms with Crippen LogP contribution < -0.4 is 0 Å². The molecule has 0 aromatic heterocycles. The van der Waals surface area contributed by atoms with E-state index in [0.717, 1.165) is 4.90 Å². The zero-order valence-corrected chi connectivity index (χ0v) is 11.2. The maximum absolute atomic E-state index is 12.5. The molecule has 1 aliphatic rings. The van der Waals surface area contributed by atoms with Gasteiger partial charge in [-0.1, -0.05) is 0 Å². The van der Waals surface area contributed by atoms with Crippen molar-refractivity contribution in [2.75, 3.05) is 26.1 Å². The largest absolute Gasteiger partial charge is 0.437 e. The third kappa shape index (κ3) is 4.56. The average molecular weight is 287 g/mol. The Morgan fingerprint density at radius 1 is 1.32 bits per heavy atom. The number of carbonyl (C=O) groups is 1. The van der Waals surface area contributed by atoms with E-state index in [2.05, 4.69) is 4.74 Å². The molecule has 19 heavy (non-hydrogen) atoms. The van der Waals surface area contributed by atoms with E-state index in [1.165, 1.54) is 0 Å². The number of nitrogens with zero attached hydrogens (tertiary/aromatic N) is 2. The van der Waals surface area contributed by atoms with Crippen LogP contribution in [-0.2, 0) is 4.74 Å². The number of hydrogen-bond donors (Lipinski definition) is 0. The van der Waals surface area contributed by atoms with Crippen molar-refractivity contribution in [2.24, 2.45) is 0 Å². The molecule has 0 N–H and O–H groups in total. The van der Waals surface area contributed by atoms with Gasteiger partial charge in [-0.3, -0.25) is 4.90 Å². The molecule has 0 bridgehead atoms. The topological polar surface area (TPSA) is 32.8 Å². The van der Waals surface area contributed by atoms with Crippen molar-refractivity contribution in [2.45, 2.75) is 45.5 Å². The molecule has 1 rings (SSSR count). The van der Waals surface area contributed by atoms with E-state index in [1.54, 1.807) is 20.8 Å². The maximum atomic E-state index is 12.5. The van der Waals surface area contributed by atoms with E-state index in [0.29, 0.717) is 6.92 Å². The molecule has 1 aliphatic heterocycles. The van der Waals surface area contributed by atoms with Gasteiger partial charge < -0.3 is 9.64 Å². The van der Waals surface area contributed by atoms with Crippen molar-refractivity contribution in [3.8, 4) is 0 Å². The standard InChI is InChI=1S/C12H21F3N2O2/c1-9(12(13,14)15)19-10(18)16-5-7-17(8-6-16)11(2,3)4/h9H,5-8H2,1-4H3/i5D2,7D,8D2. The van der Waals surface area contributed by atoms with Gasteiger partial charge in [-0.25, -0.2) is 4.79 Å². The zero-order valence-electron chi connectivity index (χ0n) is 16.2. The second-order valence-corrected chi connectivity index (χ2v) is 5.11. The van der Waals surface area contributed by atoms with Crippen LogP contribution in [0.15, 0.2) is 0 Å². The Kier molecular flexibility index (Phi) is 2.88. The van der Waals surface area contributed by atoms with Crippen LogP contribution in [0.2, 0.25) is 0 Å². The lowest BCUT2D eigenvalue weighted by atomic mass is 10.1. The van der Waals surface area contributed by atoms with Crippen molar-refractivity contribution < 1.29 is 29.6 Å². The highest BCUT2D eigenvalue weighted by Crippen LogP contribution is 2.23. The molecular weight excluding hydrogens is 261 g/mol. The van der Waals surface area contributed by atoms with Crippen LogP contribution in [0.1, 0.15) is 34.5 Å². The molecule has 0 radical (unpaired) electrons. The SMILES string of the molecule is [2H]C1N(C(C)(C)C)C([2H])([2H])CN(C(=O)OC(C)C(F)(F)F)C1([2H])[2H]. The molecule has 1 amide bonds. The molecule has 1 heterocycles. The predicted molar refractivity (Wildman–Crippen MR) is 64.9 cm³/mol. The highest BCUT2D eigenvalue weighted by molar-refractivity contribution is 5.68. The van der Waals surface area contributed by atoms with Crippen LogP contribution in [0.4, 0.5) is 18.0 Å². The van der Waals surface area contributed by atoms with Crippen LogP contribution in [-0.4, -0.2) is 59.8 Å². The first-order valence-electron chi connectivity index (χ1n) is 8.27. The second kappa shape index (κ2) is 5.56. The summed E-state index contributed by atoms with van der Waals surface area (Å²) in [5.74, 6) is 0. The fraction of sp³-hybridized carbons (Fsp3) is 0.917. The van der Waals surface area contributed by atoms with E-state index < -0.39 is 50.0 Å². The third-order valence-corrected chi connectivity index (χ3v) is 2.42. The Hall–Kier alpha value is -0.980. The first kappa shape index (κ1) is 9.85. The molecule has 0 aromatic carbocycles. The summed E-state index contributed by atoms with van der Waals surface area (Å²) < 4.78 is 81.6. The van der Waals surface area contributed by atoms with Crippen molar-refractivity contribution in [3.05, 3.63) is 0 Å². The summed E-state index contributed by atoms with van der Waals surface area (Å²) in [5.41, 5.74) is -0.946. The summed E-state index contributed by atoms with van der Waals surface area (Å²) in [6.45, 7) is -2.47. The number of halogens is 3. The molecular formula is C12H21F3N2O2. The summed E-state index contributed by atoms with van der Waals surface area (Å²) in [6, 6.07) is 0. The van der Waals surface area contributed by atoms with Gasteiger partial charge in [0.2, 0.25) is 0 Å². The van der Waals surface area contributed by atoms with Gasteiger partial charge in [-0.2, -0.15) is 13.2 Å². The van der Waals surface area contributed by atoms with Crippen molar-refractivity contribution >= 4 is 6.09 Å². The Labute approximate surface area is 118 Å². The summed E-state index contributed by atoms with van der Waals surface area (Å²) in [7, 11) is 0. The minimum absolute atomic E-state index is 0.204. The van der Waals surface area contributed by atoms with Gasteiger partial charge in [-0.05, 0) is 27.7 Å². The van der Waals surface area contributed by atoms with E-state index in [1.807, 2.05) is 0 Å². The number of amides is 1. The number of rotatable bonds is 1. The fourth-order valence-electron chi connectivity index (χ4n) is 1.20. The molecule has 0 aliphatic carbocycles. The highest BCUT2D eigenvalue weighted by atomic mass is 19.4. The van der Waals surface area contributed by atoms with E-state index in [9.17, 15) is 18.0 Å². The van der Waals surface area contributed by atoms with Crippen molar-refractivity contribution in [1.29, 1.82) is 0 Å². The predicted octanol–water partition coefficient (Wildman–Crippen LogP) is 2.49. The van der Waals surface area contributed by atoms with Gasteiger partial charge in [0, 0.05) is 35.7 Å². The average Bonchev–Trinajstić information content (AvgIpc) is 2.30. The lowest BCUT2D eigenvalue weighted by Gasteiger charge is -2.42. The number of hydrogen-bond acceptors (Lipinski definition) is 3. The lowest BCUT2D eigenvalue weighted by molar-refractivity contribution is -0.200. The van der Waals surface area contributed by atoms with Crippen LogP contribution in [0, 0.1) is 0 Å². The van der Waals surface area contributed by atoms with E-state index >= 15 is 0 Å². The number of carbonyl (C=O) groups excluding carboxylic acids is 1. The van der Waals surface area contributed by atoms with Crippen LogP contribution in [0.3, 0.4) is 0 Å². The van der Waals surface area contributed by atoms with Gasteiger partial charge in [0.15, 0.2) is 6.10 Å². The monoisotopic (exact) mass is 287 g/mol. The molecule has 0 spiro atoms. The zero-order chi connectivity index (χ0) is 19.3. The van der Waals surface area contributed by atoms with Gasteiger partial charge in [0.1, 0.15) is 0 Å². The highest BCUT2D eigenvalue weighted by Gasteiger charge is 2.40. The minimum Gasteiger partial charge on any atom is -0.437 e. The minimum atomic E-state index is -4.82. The molecule has 2 unspecified atom stereocenters. The Bertz CT molecular complexity index is 496. The molecule has 0 saturated carbocycles. The van der Waals surface area contributed by atoms with Crippen LogP contribution >= 0.6 is 0 Å². The van der Waals surface area contributed by atoms with Gasteiger partial charge >= 0.3 is 12.3 Å². The van der Waals surface area contributed by atoms with Crippen molar-refractivity contribution in [3.63, 3.8) is 0 Å². The summed E-state index contributed by atoms with van der Waals surface area (Å²) in [5, 5.41) is 0. The van der Waals surface area contributed by atoms with Gasteiger partial charge in [0.25, 0.3) is 0 Å². The second-order valence-electron chi connectivity index (χ2n) is 5.11. The normalized spacial score (nSPS) is 33.3. The van der Waals surface area contributed by atoms with E-state index in [4.69, 9.17) is 6.85 Å². The van der Waals surface area contributed by atoms with Crippen LogP contribution in [0.25, 0.3) is 0 Å². The molecule has 1 fully saturated rings. The number of piperazine rings is 1. The first-order chi connectivity index (χ1) is 10.4. The fourth-order valence-corrected chi connectivity index (χ4v) is 1.20. The molecule has 0 aromatic rings. The van der Waals surface area contributed by atoms with Crippen molar-refractivity contribution in [1.82, 2.24) is 9.80 Å². The molecule has 4 nitrogen and oxygen atoms in total. The maximum Gasteiger partial charge on any atom is 0.425 e. The van der Waals surface area contributed by atoms with Gasteiger partial charge in [0.05, 0.1) is 2.74 Å². The summed E-state index contributed by atoms with van der Waals surface area (Å²) in [4.78, 5) is 13.1. The quantitative estimate of drug-likeness (QED) is 0.743. The lowest BCUT2D eigenvalue weighted by Crippen LogP contribution is -2.55. The molecule has 2 atom stereocenters. The number of alkyl halides is 3. The smallest absolute Gasteiger partial charge is 0.425 e. The Morgan fingerprint density at radius 2 is 1.89 bits per heavy atom. The van der Waals surface area contributed by atoms with Crippen LogP contribution in [0.5, 0.6) is 0 Å².